The van der Waals surface area contributed by atoms with Gasteiger partial charge in [0.2, 0.25) is 0 Å². The minimum atomic E-state index is -0.137. The van der Waals surface area contributed by atoms with Gasteiger partial charge in [-0.1, -0.05) is 36.2 Å². The van der Waals surface area contributed by atoms with Crippen molar-refractivity contribution in [2.45, 2.75) is 31.8 Å². The standard InChI is InChI=1S/C14H18ClNO2/c1-18-14(17)13-8-4-5-9-16(13)10-11-6-2-3-7-12(11)15/h2-3,6-7,13H,4-5,8-10H2,1H3/t13-/m0/s1. The Bertz CT molecular complexity index is 422. The van der Waals surface area contributed by atoms with Gasteiger partial charge in [0, 0.05) is 11.6 Å². The number of hydrogen-bond donors (Lipinski definition) is 0. The van der Waals surface area contributed by atoms with Crippen molar-refractivity contribution in [1.29, 1.82) is 0 Å². The van der Waals surface area contributed by atoms with Crippen molar-refractivity contribution in [3.63, 3.8) is 0 Å². The van der Waals surface area contributed by atoms with Gasteiger partial charge in [-0.25, -0.2) is 0 Å². The van der Waals surface area contributed by atoms with Crippen LogP contribution in [-0.4, -0.2) is 30.6 Å². The Kier molecular flexibility index (Phi) is 4.61. The van der Waals surface area contributed by atoms with Gasteiger partial charge in [0.15, 0.2) is 0 Å². The normalized spacial score (nSPS) is 20.7. The molecular formula is C14H18ClNO2. The molecule has 2 rings (SSSR count). The predicted molar refractivity (Wildman–Crippen MR) is 71.5 cm³/mol. The first kappa shape index (κ1) is 13.4. The molecule has 1 atom stereocenters. The second-order valence-corrected chi connectivity index (χ2v) is 5.00. The number of carbonyl (C=O) groups excluding carboxylic acids is 1. The topological polar surface area (TPSA) is 29.5 Å². The molecule has 3 nitrogen and oxygen atoms in total. The molecule has 18 heavy (non-hydrogen) atoms. The number of likely N-dealkylation sites (tertiary alicyclic amines) is 1. The van der Waals surface area contributed by atoms with Crippen molar-refractivity contribution in [2.24, 2.45) is 0 Å². The lowest BCUT2D eigenvalue weighted by Crippen LogP contribution is -2.44. The quantitative estimate of drug-likeness (QED) is 0.789. The van der Waals surface area contributed by atoms with E-state index in [2.05, 4.69) is 4.90 Å². The van der Waals surface area contributed by atoms with Crippen molar-refractivity contribution >= 4 is 17.6 Å². The van der Waals surface area contributed by atoms with Crippen LogP contribution in [0.2, 0.25) is 5.02 Å². The fourth-order valence-electron chi connectivity index (χ4n) is 2.43. The van der Waals surface area contributed by atoms with Crippen LogP contribution in [0.15, 0.2) is 24.3 Å². The van der Waals surface area contributed by atoms with Crippen LogP contribution in [0.25, 0.3) is 0 Å². The van der Waals surface area contributed by atoms with E-state index < -0.39 is 0 Å². The maximum absolute atomic E-state index is 11.8. The minimum Gasteiger partial charge on any atom is -0.468 e. The van der Waals surface area contributed by atoms with E-state index in [1.165, 1.54) is 7.11 Å². The molecule has 0 aromatic heterocycles. The number of benzene rings is 1. The van der Waals surface area contributed by atoms with Crippen LogP contribution in [-0.2, 0) is 16.1 Å². The number of rotatable bonds is 3. The monoisotopic (exact) mass is 267 g/mol. The molecule has 0 N–H and O–H groups in total. The maximum Gasteiger partial charge on any atom is 0.323 e. The third-order valence-corrected chi connectivity index (χ3v) is 3.79. The Labute approximate surface area is 113 Å². The highest BCUT2D eigenvalue weighted by Gasteiger charge is 2.29. The molecule has 0 radical (unpaired) electrons. The van der Waals surface area contributed by atoms with Crippen molar-refractivity contribution in [1.82, 2.24) is 4.90 Å². The summed E-state index contributed by atoms with van der Waals surface area (Å²) in [5.41, 5.74) is 1.06. The van der Waals surface area contributed by atoms with Crippen molar-refractivity contribution < 1.29 is 9.53 Å². The third-order valence-electron chi connectivity index (χ3n) is 3.42. The van der Waals surface area contributed by atoms with Gasteiger partial charge in [-0.2, -0.15) is 0 Å². The molecule has 0 spiro atoms. The SMILES string of the molecule is COC(=O)[C@@H]1CCCCN1Cc1ccccc1Cl. The van der Waals surface area contributed by atoms with E-state index in [1.807, 2.05) is 24.3 Å². The Morgan fingerprint density at radius 3 is 2.94 bits per heavy atom. The largest absolute Gasteiger partial charge is 0.468 e. The molecule has 1 saturated heterocycles. The Morgan fingerprint density at radius 2 is 2.22 bits per heavy atom. The number of piperidine rings is 1. The van der Waals surface area contributed by atoms with Crippen LogP contribution in [0.1, 0.15) is 24.8 Å². The van der Waals surface area contributed by atoms with Crippen LogP contribution in [0.5, 0.6) is 0 Å². The second kappa shape index (κ2) is 6.21. The van der Waals surface area contributed by atoms with Crippen LogP contribution in [0.4, 0.5) is 0 Å². The summed E-state index contributed by atoms with van der Waals surface area (Å²) >= 11 is 6.16. The zero-order valence-electron chi connectivity index (χ0n) is 10.6. The van der Waals surface area contributed by atoms with E-state index in [1.54, 1.807) is 0 Å². The fraction of sp³-hybridized carbons (Fsp3) is 0.500. The summed E-state index contributed by atoms with van der Waals surface area (Å²) in [5.74, 6) is -0.137. The number of halogens is 1. The molecule has 1 aromatic carbocycles. The van der Waals surface area contributed by atoms with E-state index in [0.29, 0.717) is 6.54 Å². The van der Waals surface area contributed by atoms with Gasteiger partial charge >= 0.3 is 5.97 Å². The number of esters is 1. The second-order valence-electron chi connectivity index (χ2n) is 4.60. The Morgan fingerprint density at radius 1 is 1.44 bits per heavy atom. The summed E-state index contributed by atoms with van der Waals surface area (Å²) in [4.78, 5) is 13.9. The molecule has 1 fully saturated rings. The van der Waals surface area contributed by atoms with E-state index in [4.69, 9.17) is 16.3 Å². The number of nitrogens with zero attached hydrogens (tertiary/aromatic N) is 1. The molecule has 98 valence electrons. The summed E-state index contributed by atoms with van der Waals surface area (Å²) in [5, 5.41) is 0.756. The first-order valence-electron chi connectivity index (χ1n) is 6.27. The lowest BCUT2D eigenvalue weighted by atomic mass is 10.0. The summed E-state index contributed by atoms with van der Waals surface area (Å²) in [7, 11) is 1.45. The van der Waals surface area contributed by atoms with Crippen molar-refractivity contribution in [2.75, 3.05) is 13.7 Å². The lowest BCUT2D eigenvalue weighted by Gasteiger charge is -2.33. The molecule has 4 heteroatoms. The Balaban J connectivity index is 2.10. The van der Waals surface area contributed by atoms with Crippen LogP contribution in [0, 0.1) is 0 Å². The fourth-order valence-corrected chi connectivity index (χ4v) is 2.62. The van der Waals surface area contributed by atoms with Gasteiger partial charge in [0.1, 0.15) is 6.04 Å². The van der Waals surface area contributed by atoms with E-state index >= 15 is 0 Å². The van der Waals surface area contributed by atoms with Gasteiger partial charge in [0.05, 0.1) is 7.11 Å². The minimum absolute atomic E-state index is 0.125. The van der Waals surface area contributed by atoms with Crippen LogP contribution in [0.3, 0.4) is 0 Å². The van der Waals surface area contributed by atoms with Crippen molar-refractivity contribution in [3.05, 3.63) is 34.9 Å². The zero-order chi connectivity index (χ0) is 13.0. The predicted octanol–water partition coefficient (Wildman–Crippen LogP) is 2.87. The van der Waals surface area contributed by atoms with Crippen LogP contribution < -0.4 is 0 Å². The molecule has 1 heterocycles. The molecule has 0 saturated carbocycles. The lowest BCUT2D eigenvalue weighted by molar-refractivity contribution is -0.148. The molecule has 1 aliphatic heterocycles. The molecule has 1 aliphatic rings. The molecule has 0 bridgehead atoms. The molecule has 0 unspecified atom stereocenters. The number of ether oxygens (including phenoxy) is 1. The smallest absolute Gasteiger partial charge is 0.323 e. The third kappa shape index (κ3) is 3.03. The first-order chi connectivity index (χ1) is 8.72. The first-order valence-corrected chi connectivity index (χ1v) is 6.65. The van der Waals surface area contributed by atoms with Gasteiger partial charge in [-0.3, -0.25) is 9.69 Å². The van der Waals surface area contributed by atoms with Crippen LogP contribution >= 0.6 is 11.6 Å². The average Bonchev–Trinajstić information content (AvgIpc) is 2.41. The highest BCUT2D eigenvalue weighted by Crippen LogP contribution is 2.23. The number of methoxy groups -OCH3 is 1. The molecule has 1 aromatic rings. The average molecular weight is 268 g/mol. The van der Waals surface area contributed by atoms with E-state index in [9.17, 15) is 4.79 Å². The number of carbonyl (C=O) groups is 1. The van der Waals surface area contributed by atoms with E-state index in [0.717, 1.165) is 36.4 Å². The molecule has 0 aliphatic carbocycles. The van der Waals surface area contributed by atoms with E-state index in [-0.39, 0.29) is 12.0 Å². The van der Waals surface area contributed by atoms with Gasteiger partial charge in [-0.15, -0.1) is 0 Å². The maximum atomic E-state index is 11.8. The summed E-state index contributed by atoms with van der Waals surface area (Å²) in [6.07, 6.45) is 3.08. The van der Waals surface area contributed by atoms with Gasteiger partial charge in [-0.05, 0) is 31.0 Å². The molecular weight excluding hydrogens is 250 g/mol. The van der Waals surface area contributed by atoms with Crippen molar-refractivity contribution in [3.8, 4) is 0 Å². The summed E-state index contributed by atoms with van der Waals surface area (Å²) in [6, 6.07) is 7.65. The summed E-state index contributed by atoms with van der Waals surface area (Å²) < 4.78 is 4.87. The van der Waals surface area contributed by atoms with Gasteiger partial charge < -0.3 is 4.74 Å². The van der Waals surface area contributed by atoms with Gasteiger partial charge in [0.25, 0.3) is 0 Å². The highest BCUT2D eigenvalue weighted by molar-refractivity contribution is 6.31. The zero-order valence-corrected chi connectivity index (χ0v) is 11.3. The Hall–Kier alpha value is -1.06. The summed E-state index contributed by atoms with van der Waals surface area (Å²) in [6.45, 7) is 1.63. The number of hydrogen-bond acceptors (Lipinski definition) is 3. The molecule has 0 amide bonds. The highest BCUT2D eigenvalue weighted by atomic mass is 35.5.